The fourth-order valence-electron chi connectivity index (χ4n) is 8.90. The number of methoxy groups -OCH3 is 2. The molecule has 12 rings (SSSR count). The molecule has 4 N–H and O–H groups in total. The number of benzene rings is 8. The van der Waals surface area contributed by atoms with Gasteiger partial charge in [0.15, 0.2) is 0 Å². The van der Waals surface area contributed by atoms with E-state index >= 15 is 0 Å². The minimum absolute atomic E-state index is 0.0960. The average Bonchev–Trinajstić information content (AvgIpc) is 1.72. The summed E-state index contributed by atoms with van der Waals surface area (Å²) in [6.07, 6.45) is 14.7. The molecule has 0 saturated heterocycles. The first-order chi connectivity index (χ1) is 43.6. The maximum Gasteiger partial charge on any atom is 0.339 e. The smallest absolute Gasteiger partial charge is 0.339 e. The molecule has 0 aromatic heterocycles. The van der Waals surface area contributed by atoms with Gasteiger partial charge in [0.05, 0.1) is 40.4 Å². The number of rotatable bonds is 18. The van der Waals surface area contributed by atoms with Crippen molar-refractivity contribution in [2.45, 2.75) is 0 Å². The Balaban J connectivity index is 0.000000142. The van der Waals surface area contributed by atoms with Crippen LogP contribution in [0.1, 0.15) is 63.7 Å². The van der Waals surface area contributed by atoms with Crippen molar-refractivity contribution in [2.24, 2.45) is 20.0 Å². The van der Waals surface area contributed by atoms with Crippen LogP contribution in [0.25, 0.3) is 22.3 Å². The lowest BCUT2D eigenvalue weighted by molar-refractivity contribution is 0.0683. The quantitative estimate of drug-likeness (QED) is 0.0623. The molecular weight excluding hydrogens is 1190 g/mol. The minimum Gasteiger partial charge on any atom is -0.497 e. The van der Waals surface area contributed by atoms with E-state index in [0.29, 0.717) is 76.5 Å². The number of hydrogen-bond donors (Lipinski definition) is 4. The second kappa shape index (κ2) is 30.3. The number of aliphatic imine (C=N–C) groups is 4. The van der Waals surface area contributed by atoms with Gasteiger partial charge in [-0.3, -0.25) is 20.0 Å². The van der Waals surface area contributed by atoms with Gasteiger partial charge in [-0.15, -0.1) is 0 Å². The number of carbonyl (C=O) groups is 4. The van der Waals surface area contributed by atoms with Crippen LogP contribution in [0, 0.1) is 0 Å². The molecule has 0 fully saturated rings. The Bertz CT molecular complexity index is 4270. The van der Waals surface area contributed by atoms with Crippen molar-refractivity contribution in [1.82, 2.24) is 0 Å². The first-order valence-electron chi connectivity index (χ1n) is 27.4. The zero-order valence-electron chi connectivity index (χ0n) is 48.0. The van der Waals surface area contributed by atoms with Gasteiger partial charge >= 0.3 is 23.9 Å². The fraction of sp³-hybridized carbons (Fsp3) is 0.0857. The molecule has 4 aliphatic heterocycles. The standard InChI is InChI=1S/2C18H15NO4.2C17H12ClNO3/c1-22-14-3-5-15(6-4-14)23-17-7-2-12(10-16(17)18(20)21)13-8-9-19-11-13;1-22-14-3-2-4-15(10-14)23-17-6-5-12(9-16(17)18(20)21)13-7-8-19-11-13;18-13-2-4-14(5-3-13)22-16-6-1-11(9-15(16)17(20)21)12-7-8-19-10-12;18-13-2-1-3-14(9-13)22-16-5-4-11(8-15(16)17(20)21)12-6-7-19-10-12/h2-8,10-11H,9H2,1H3,(H,20,21);2-7,9-11H,8H2,1H3,(H,20,21);1-7,9-10H,8H2,(H,20,21);1-6,8-10H,7H2,(H,20,21). The number of halogens is 2. The summed E-state index contributed by atoms with van der Waals surface area (Å²) in [6, 6.07) is 47.8. The lowest BCUT2D eigenvalue weighted by atomic mass is 10.0. The number of hydrogen-bond acceptors (Lipinski definition) is 14. The lowest BCUT2D eigenvalue weighted by Crippen LogP contribution is -2.01. The molecule has 8 aromatic carbocycles. The Morgan fingerprint density at radius 2 is 0.633 bits per heavy atom. The highest BCUT2D eigenvalue weighted by Gasteiger charge is 2.20. The molecule has 8 aromatic rings. The summed E-state index contributed by atoms with van der Waals surface area (Å²) in [5.74, 6) is 0.397. The third-order valence-electron chi connectivity index (χ3n) is 13.4. The van der Waals surface area contributed by atoms with Crippen molar-refractivity contribution in [3.63, 3.8) is 0 Å². The maximum atomic E-state index is 11.5. The third-order valence-corrected chi connectivity index (χ3v) is 13.9. The zero-order chi connectivity index (χ0) is 63.5. The Morgan fingerprint density at radius 3 is 0.944 bits per heavy atom. The number of carboxylic acid groups (broad SMARTS) is 4. The molecule has 0 spiro atoms. The largest absolute Gasteiger partial charge is 0.497 e. The van der Waals surface area contributed by atoms with Crippen LogP contribution in [-0.4, -0.2) is 110 Å². The molecule has 18 nitrogen and oxygen atoms in total. The van der Waals surface area contributed by atoms with E-state index in [9.17, 15) is 39.6 Å². The SMILES string of the molecule is COc1ccc(Oc2ccc(C3=CCN=C3)cc2C(=O)O)cc1.COc1cccc(Oc2ccc(C3=CCN=C3)cc2C(=O)O)c1.O=C(O)c1cc(C2=CCN=C2)ccc1Oc1ccc(Cl)cc1.O=C(O)c1cc(C2=CCN=C2)ccc1Oc1cccc(Cl)c1. The molecule has 0 saturated carbocycles. The number of ether oxygens (including phenoxy) is 6. The summed E-state index contributed by atoms with van der Waals surface area (Å²) in [6.45, 7) is 2.50. The Morgan fingerprint density at radius 1 is 0.333 bits per heavy atom. The highest BCUT2D eigenvalue weighted by atomic mass is 35.5. The van der Waals surface area contributed by atoms with Crippen molar-refractivity contribution in [1.29, 1.82) is 0 Å². The van der Waals surface area contributed by atoms with Gasteiger partial charge < -0.3 is 48.8 Å². The van der Waals surface area contributed by atoms with Crippen LogP contribution in [-0.2, 0) is 0 Å². The molecule has 4 heterocycles. The molecule has 0 aliphatic carbocycles. The Kier molecular flexibility index (Phi) is 21.3. The third kappa shape index (κ3) is 17.0. The highest BCUT2D eigenvalue weighted by Crippen LogP contribution is 2.35. The normalized spacial score (nSPS) is 12.9. The lowest BCUT2D eigenvalue weighted by Gasteiger charge is -2.11. The maximum absolute atomic E-state index is 11.5. The van der Waals surface area contributed by atoms with E-state index in [4.69, 9.17) is 51.6 Å². The molecule has 452 valence electrons. The summed E-state index contributed by atoms with van der Waals surface area (Å²) in [7, 11) is 3.14. The van der Waals surface area contributed by atoms with Gasteiger partial charge in [0, 0.05) is 41.0 Å². The van der Waals surface area contributed by atoms with Crippen LogP contribution in [0.5, 0.6) is 57.5 Å². The van der Waals surface area contributed by atoms with Crippen LogP contribution < -0.4 is 28.4 Å². The van der Waals surface area contributed by atoms with E-state index in [1.165, 1.54) is 0 Å². The van der Waals surface area contributed by atoms with E-state index < -0.39 is 23.9 Å². The van der Waals surface area contributed by atoms with Gasteiger partial charge in [0.25, 0.3) is 0 Å². The first-order valence-corrected chi connectivity index (χ1v) is 28.2. The van der Waals surface area contributed by atoms with E-state index in [1.54, 1.807) is 185 Å². The molecule has 0 bridgehead atoms. The Hall–Kier alpha value is -11.3. The molecule has 0 radical (unpaired) electrons. The van der Waals surface area contributed by atoms with E-state index in [1.807, 2.05) is 48.6 Å². The molecule has 0 amide bonds. The van der Waals surface area contributed by atoms with Crippen molar-refractivity contribution < 1.29 is 68.0 Å². The number of nitrogens with zero attached hydrogens (tertiary/aromatic N) is 4. The van der Waals surface area contributed by atoms with Crippen LogP contribution in [0.4, 0.5) is 0 Å². The molecule has 0 unspecified atom stereocenters. The Labute approximate surface area is 526 Å². The van der Waals surface area contributed by atoms with Gasteiger partial charge in [-0.1, -0.05) is 83.9 Å². The minimum atomic E-state index is -1.05. The van der Waals surface area contributed by atoms with Crippen LogP contribution in [0.15, 0.2) is 214 Å². The van der Waals surface area contributed by atoms with E-state index in [0.717, 1.165) is 44.5 Å². The number of allylic oxidation sites excluding steroid dienone is 4. The van der Waals surface area contributed by atoms with Crippen LogP contribution in [0.3, 0.4) is 0 Å². The summed E-state index contributed by atoms with van der Waals surface area (Å²) in [5.41, 5.74) is 7.31. The predicted molar refractivity (Wildman–Crippen MR) is 348 cm³/mol. The zero-order valence-corrected chi connectivity index (χ0v) is 49.5. The van der Waals surface area contributed by atoms with Gasteiger partial charge in [0.1, 0.15) is 79.7 Å². The van der Waals surface area contributed by atoms with E-state index in [-0.39, 0.29) is 39.5 Å². The highest BCUT2D eigenvalue weighted by molar-refractivity contribution is 6.31. The fourth-order valence-corrected chi connectivity index (χ4v) is 9.21. The molecule has 90 heavy (non-hydrogen) atoms. The number of aromatic carboxylic acids is 4. The summed E-state index contributed by atoms with van der Waals surface area (Å²) < 4.78 is 32.9. The van der Waals surface area contributed by atoms with Crippen molar-refractivity contribution in [3.05, 3.63) is 249 Å². The van der Waals surface area contributed by atoms with Gasteiger partial charge in [0.2, 0.25) is 0 Å². The summed E-state index contributed by atoms with van der Waals surface area (Å²) >= 11 is 11.7. The van der Waals surface area contributed by atoms with Crippen LogP contribution >= 0.6 is 23.2 Å². The predicted octanol–water partition coefficient (Wildman–Crippen LogP) is 15.9. The molecule has 0 atom stereocenters. The van der Waals surface area contributed by atoms with Crippen molar-refractivity contribution in [2.75, 3.05) is 40.4 Å². The first kappa shape index (κ1) is 63.2. The van der Waals surface area contributed by atoms with Gasteiger partial charge in [-0.2, -0.15) is 0 Å². The summed E-state index contributed by atoms with van der Waals surface area (Å²) in [4.78, 5) is 62.5. The van der Waals surface area contributed by atoms with Crippen LogP contribution in [0.2, 0.25) is 10.0 Å². The average molecular weight is 1250 g/mol. The van der Waals surface area contributed by atoms with E-state index in [2.05, 4.69) is 20.0 Å². The van der Waals surface area contributed by atoms with Gasteiger partial charge in [-0.25, -0.2) is 19.2 Å². The topological polar surface area (TPSA) is 254 Å². The van der Waals surface area contributed by atoms with Crippen molar-refractivity contribution in [3.8, 4) is 57.5 Å². The second-order valence-electron chi connectivity index (χ2n) is 19.4. The summed E-state index contributed by atoms with van der Waals surface area (Å²) in [5, 5.41) is 38.8. The monoisotopic (exact) mass is 1240 g/mol. The molecule has 20 heteroatoms. The number of carboxylic acids is 4. The van der Waals surface area contributed by atoms with Crippen molar-refractivity contribution >= 4 is 94.2 Å². The second-order valence-corrected chi connectivity index (χ2v) is 20.2. The molecule has 4 aliphatic rings. The van der Waals surface area contributed by atoms with Gasteiger partial charge in [-0.05, 0) is 172 Å². The molecular formula is C70H54Cl2N4O14.